The highest BCUT2D eigenvalue weighted by atomic mass is 16.2. The van der Waals surface area contributed by atoms with Gasteiger partial charge in [-0.1, -0.05) is 6.07 Å². The van der Waals surface area contributed by atoms with Gasteiger partial charge in [0.1, 0.15) is 17.0 Å². The zero-order chi connectivity index (χ0) is 15.8. The first kappa shape index (κ1) is 13.7. The summed E-state index contributed by atoms with van der Waals surface area (Å²) in [6.07, 6.45) is 8.25. The van der Waals surface area contributed by atoms with Crippen molar-refractivity contribution in [2.45, 2.75) is 25.4 Å². The monoisotopic (exact) mass is 309 g/mol. The van der Waals surface area contributed by atoms with E-state index in [2.05, 4.69) is 15.3 Å². The van der Waals surface area contributed by atoms with Gasteiger partial charge in [-0.05, 0) is 18.6 Å². The number of hydrogen-bond acceptors (Lipinski definition) is 4. The molecule has 1 atom stereocenters. The lowest BCUT2D eigenvalue weighted by Gasteiger charge is -2.24. The van der Waals surface area contributed by atoms with E-state index in [9.17, 15) is 9.59 Å². The zero-order valence-corrected chi connectivity index (χ0v) is 12.3. The molecule has 1 aliphatic heterocycles. The van der Waals surface area contributed by atoms with Crippen molar-refractivity contribution < 1.29 is 4.79 Å². The number of nitrogens with one attached hydrogen (secondary N) is 1. The van der Waals surface area contributed by atoms with Gasteiger partial charge in [0.25, 0.3) is 11.5 Å². The molecule has 23 heavy (non-hydrogen) atoms. The Hall–Kier alpha value is -2.96. The Morgan fingerprint density at radius 1 is 1.26 bits per heavy atom. The molecule has 0 fully saturated rings. The molecule has 0 aliphatic carbocycles. The predicted octanol–water partition coefficient (Wildman–Crippen LogP) is 0.636. The standard InChI is InChI=1S/C16H15N5O2/c22-15(19-11-4-5-13-17-6-8-20(13)10-11)12-9-18-14-3-1-2-7-21(14)16(12)23/h1-3,6-9,11H,4-5,10H2,(H,19,22). The molecular weight excluding hydrogens is 294 g/mol. The average Bonchev–Trinajstić information content (AvgIpc) is 3.03. The first-order valence-corrected chi connectivity index (χ1v) is 7.49. The van der Waals surface area contributed by atoms with E-state index in [-0.39, 0.29) is 23.1 Å². The Bertz CT molecular complexity index is 943. The molecule has 3 aromatic rings. The maximum atomic E-state index is 12.4. The van der Waals surface area contributed by atoms with Gasteiger partial charge in [-0.25, -0.2) is 9.97 Å². The van der Waals surface area contributed by atoms with Crippen LogP contribution in [0.15, 0.2) is 47.8 Å². The number of carbonyl (C=O) groups excluding carboxylic acids is 1. The van der Waals surface area contributed by atoms with Crippen LogP contribution in [-0.2, 0) is 13.0 Å². The van der Waals surface area contributed by atoms with Gasteiger partial charge in [0.2, 0.25) is 0 Å². The molecule has 0 radical (unpaired) electrons. The highest BCUT2D eigenvalue weighted by Crippen LogP contribution is 2.13. The van der Waals surface area contributed by atoms with E-state index in [0.29, 0.717) is 12.2 Å². The van der Waals surface area contributed by atoms with Crippen molar-refractivity contribution >= 4 is 11.6 Å². The molecule has 7 heteroatoms. The Labute approximate surface area is 131 Å². The molecule has 0 saturated carbocycles. The van der Waals surface area contributed by atoms with Crippen LogP contribution in [0, 0.1) is 0 Å². The molecule has 3 aromatic heterocycles. The van der Waals surface area contributed by atoms with Gasteiger partial charge in [-0.2, -0.15) is 0 Å². The number of aromatic nitrogens is 4. The lowest BCUT2D eigenvalue weighted by Crippen LogP contribution is -2.42. The van der Waals surface area contributed by atoms with Crippen LogP contribution in [0.3, 0.4) is 0 Å². The van der Waals surface area contributed by atoms with Crippen LogP contribution in [0.4, 0.5) is 0 Å². The normalized spacial score (nSPS) is 17.0. The molecule has 0 saturated heterocycles. The van der Waals surface area contributed by atoms with E-state index in [0.717, 1.165) is 18.7 Å². The van der Waals surface area contributed by atoms with Crippen LogP contribution < -0.4 is 10.9 Å². The summed E-state index contributed by atoms with van der Waals surface area (Å²) in [6, 6.07) is 5.25. The second-order valence-corrected chi connectivity index (χ2v) is 5.61. The van der Waals surface area contributed by atoms with Gasteiger partial charge in [-0.15, -0.1) is 0 Å². The number of rotatable bonds is 2. The number of imidazole rings is 1. The zero-order valence-electron chi connectivity index (χ0n) is 12.3. The Balaban J connectivity index is 1.58. The summed E-state index contributed by atoms with van der Waals surface area (Å²) in [6.45, 7) is 0.670. The summed E-state index contributed by atoms with van der Waals surface area (Å²) in [4.78, 5) is 33.3. The van der Waals surface area contributed by atoms with Gasteiger partial charge in [0, 0.05) is 43.8 Å². The van der Waals surface area contributed by atoms with Gasteiger partial charge in [0.15, 0.2) is 0 Å². The van der Waals surface area contributed by atoms with Crippen molar-refractivity contribution in [3.8, 4) is 0 Å². The van der Waals surface area contributed by atoms with Gasteiger partial charge in [0.05, 0.1) is 0 Å². The number of fused-ring (bicyclic) bond motifs is 2. The summed E-state index contributed by atoms with van der Waals surface area (Å²) >= 11 is 0. The molecule has 0 bridgehead atoms. The quantitative estimate of drug-likeness (QED) is 0.753. The molecule has 7 nitrogen and oxygen atoms in total. The smallest absolute Gasteiger partial charge is 0.270 e. The van der Waals surface area contributed by atoms with Crippen molar-refractivity contribution in [1.29, 1.82) is 0 Å². The number of amides is 1. The molecular formula is C16H15N5O2. The van der Waals surface area contributed by atoms with E-state index in [1.807, 2.05) is 10.8 Å². The van der Waals surface area contributed by atoms with E-state index < -0.39 is 0 Å². The van der Waals surface area contributed by atoms with Gasteiger partial charge < -0.3 is 9.88 Å². The van der Waals surface area contributed by atoms with Crippen LogP contribution in [0.1, 0.15) is 22.6 Å². The van der Waals surface area contributed by atoms with Crippen LogP contribution in [-0.4, -0.2) is 30.9 Å². The molecule has 0 aromatic carbocycles. The van der Waals surface area contributed by atoms with Crippen LogP contribution >= 0.6 is 0 Å². The van der Waals surface area contributed by atoms with Crippen molar-refractivity contribution in [2.24, 2.45) is 0 Å². The molecule has 116 valence electrons. The van der Waals surface area contributed by atoms with E-state index in [1.165, 1.54) is 10.6 Å². The van der Waals surface area contributed by atoms with Crippen LogP contribution in [0.25, 0.3) is 5.65 Å². The van der Waals surface area contributed by atoms with Gasteiger partial charge >= 0.3 is 0 Å². The van der Waals surface area contributed by atoms with E-state index >= 15 is 0 Å². The molecule has 1 unspecified atom stereocenters. The fourth-order valence-electron chi connectivity index (χ4n) is 2.93. The predicted molar refractivity (Wildman–Crippen MR) is 83.3 cm³/mol. The second kappa shape index (κ2) is 5.35. The van der Waals surface area contributed by atoms with Crippen LogP contribution in [0.5, 0.6) is 0 Å². The maximum absolute atomic E-state index is 12.4. The van der Waals surface area contributed by atoms with E-state index in [1.54, 1.807) is 30.6 Å². The first-order valence-electron chi connectivity index (χ1n) is 7.49. The molecule has 4 heterocycles. The highest BCUT2D eigenvalue weighted by molar-refractivity contribution is 5.93. The molecule has 0 spiro atoms. The lowest BCUT2D eigenvalue weighted by atomic mass is 10.1. The van der Waals surface area contributed by atoms with Crippen molar-refractivity contribution in [2.75, 3.05) is 0 Å². The minimum atomic E-state index is -0.380. The van der Waals surface area contributed by atoms with Crippen molar-refractivity contribution in [3.05, 3.63) is 64.7 Å². The van der Waals surface area contributed by atoms with Crippen molar-refractivity contribution in [1.82, 2.24) is 24.3 Å². The number of nitrogens with zero attached hydrogens (tertiary/aromatic N) is 4. The average molecular weight is 309 g/mol. The topological polar surface area (TPSA) is 81.3 Å². The Morgan fingerprint density at radius 2 is 2.17 bits per heavy atom. The second-order valence-electron chi connectivity index (χ2n) is 5.61. The third-order valence-corrected chi connectivity index (χ3v) is 4.13. The third kappa shape index (κ3) is 2.40. The van der Waals surface area contributed by atoms with Crippen LogP contribution in [0.2, 0.25) is 0 Å². The SMILES string of the molecule is O=C(NC1CCc2nccn2C1)c1cnc2ccccn2c1=O. The molecule has 1 amide bonds. The Kier molecular flexibility index (Phi) is 3.18. The summed E-state index contributed by atoms with van der Waals surface area (Å²) in [5, 5.41) is 2.93. The van der Waals surface area contributed by atoms with E-state index in [4.69, 9.17) is 0 Å². The number of aryl methyl sites for hydroxylation is 1. The third-order valence-electron chi connectivity index (χ3n) is 4.13. The minimum Gasteiger partial charge on any atom is -0.347 e. The number of hydrogen-bond donors (Lipinski definition) is 1. The lowest BCUT2D eigenvalue weighted by molar-refractivity contribution is 0.0925. The summed E-state index contributed by atoms with van der Waals surface area (Å²) in [5.41, 5.74) is 0.229. The number of pyridine rings is 1. The minimum absolute atomic E-state index is 0.0138. The van der Waals surface area contributed by atoms with Crippen molar-refractivity contribution in [3.63, 3.8) is 0 Å². The Morgan fingerprint density at radius 3 is 3.09 bits per heavy atom. The summed E-state index contributed by atoms with van der Waals surface area (Å²) in [7, 11) is 0. The molecule has 1 aliphatic rings. The first-order chi connectivity index (χ1) is 11.2. The number of carbonyl (C=O) groups is 1. The largest absolute Gasteiger partial charge is 0.347 e. The fourth-order valence-corrected chi connectivity index (χ4v) is 2.93. The molecule has 4 rings (SSSR count). The summed E-state index contributed by atoms with van der Waals surface area (Å²) < 4.78 is 3.41. The van der Waals surface area contributed by atoms with Gasteiger partial charge in [-0.3, -0.25) is 14.0 Å². The fraction of sp³-hybridized carbons (Fsp3) is 0.250. The summed E-state index contributed by atoms with van der Waals surface area (Å²) in [5.74, 6) is 0.650. The maximum Gasteiger partial charge on any atom is 0.270 e. The molecule has 1 N–H and O–H groups in total. The highest BCUT2D eigenvalue weighted by Gasteiger charge is 2.22.